The van der Waals surface area contributed by atoms with Crippen LogP contribution in [0.2, 0.25) is 5.02 Å². The van der Waals surface area contributed by atoms with Gasteiger partial charge in [0.2, 0.25) is 0 Å². The summed E-state index contributed by atoms with van der Waals surface area (Å²) in [5.74, 6) is 0.667. The minimum Gasteiger partial charge on any atom is -0.377 e. The smallest absolute Gasteiger partial charge is 0.0684 e. The van der Waals surface area contributed by atoms with Crippen LogP contribution in [0.25, 0.3) is 0 Å². The Bertz CT molecular complexity index is 488. The summed E-state index contributed by atoms with van der Waals surface area (Å²) in [6.07, 6.45) is 2.91. The van der Waals surface area contributed by atoms with E-state index < -0.39 is 0 Å². The number of halogens is 1. The molecule has 1 aromatic rings. The van der Waals surface area contributed by atoms with Crippen molar-refractivity contribution in [1.29, 1.82) is 0 Å². The van der Waals surface area contributed by atoms with Gasteiger partial charge in [0.05, 0.1) is 6.10 Å². The Labute approximate surface area is 126 Å². The van der Waals surface area contributed by atoms with Crippen molar-refractivity contribution in [3.8, 4) is 0 Å². The molecule has 20 heavy (non-hydrogen) atoms. The Morgan fingerprint density at radius 3 is 2.95 bits per heavy atom. The second-order valence-corrected chi connectivity index (χ2v) is 7.28. The Balaban J connectivity index is 1.71. The molecule has 0 spiro atoms. The summed E-state index contributed by atoms with van der Waals surface area (Å²) in [5.41, 5.74) is 1.48. The van der Waals surface area contributed by atoms with E-state index in [1.54, 1.807) is 0 Å². The van der Waals surface area contributed by atoms with Crippen LogP contribution in [0, 0.1) is 11.3 Å². The van der Waals surface area contributed by atoms with Gasteiger partial charge in [0.1, 0.15) is 0 Å². The molecule has 3 unspecified atom stereocenters. The maximum atomic E-state index is 6.09. The first-order valence-electron chi connectivity index (χ1n) is 7.63. The van der Waals surface area contributed by atoms with E-state index in [-0.39, 0.29) is 5.41 Å². The molecule has 110 valence electrons. The topological polar surface area (TPSA) is 21.3 Å². The van der Waals surface area contributed by atoms with Gasteiger partial charge in [-0.1, -0.05) is 37.6 Å². The third kappa shape index (κ3) is 2.38. The first-order chi connectivity index (χ1) is 9.50. The van der Waals surface area contributed by atoms with Gasteiger partial charge >= 0.3 is 0 Å². The lowest BCUT2D eigenvalue weighted by atomic mass is 9.55. The zero-order valence-corrected chi connectivity index (χ0v) is 13.3. The number of nitrogens with one attached hydrogen (secondary N) is 1. The highest BCUT2D eigenvalue weighted by Gasteiger charge is 2.57. The van der Waals surface area contributed by atoms with Crippen molar-refractivity contribution in [2.45, 2.75) is 51.8 Å². The molecule has 0 amide bonds. The van der Waals surface area contributed by atoms with Crippen molar-refractivity contribution in [2.75, 3.05) is 6.61 Å². The van der Waals surface area contributed by atoms with Gasteiger partial charge in [0.15, 0.2) is 0 Å². The quantitative estimate of drug-likeness (QED) is 0.902. The molecule has 2 fully saturated rings. The lowest BCUT2D eigenvalue weighted by molar-refractivity contribution is -0.194. The Hall–Kier alpha value is -0.570. The second-order valence-electron chi connectivity index (χ2n) is 6.84. The van der Waals surface area contributed by atoms with Crippen LogP contribution in [0.1, 0.15) is 45.2 Å². The highest BCUT2D eigenvalue weighted by molar-refractivity contribution is 6.30. The molecule has 1 aromatic carbocycles. The zero-order chi connectivity index (χ0) is 14.3. The van der Waals surface area contributed by atoms with E-state index in [1.165, 1.54) is 18.4 Å². The van der Waals surface area contributed by atoms with Crippen LogP contribution < -0.4 is 5.32 Å². The maximum absolute atomic E-state index is 6.09. The zero-order valence-electron chi connectivity index (χ0n) is 12.5. The normalized spacial score (nSPS) is 33.1. The van der Waals surface area contributed by atoms with E-state index >= 15 is 0 Å². The molecule has 1 aliphatic carbocycles. The van der Waals surface area contributed by atoms with E-state index in [2.05, 4.69) is 38.2 Å². The Morgan fingerprint density at radius 2 is 2.20 bits per heavy atom. The van der Waals surface area contributed by atoms with Gasteiger partial charge in [-0.05, 0) is 37.5 Å². The molecule has 2 aliphatic rings. The van der Waals surface area contributed by atoms with Crippen molar-refractivity contribution in [1.82, 2.24) is 5.32 Å². The van der Waals surface area contributed by atoms with Crippen molar-refractivity contribution in [3.63, 3.8) is 0 Å². The van der Waals surface area contributed by atoms with Gasteiger partial charge in [-0.15, -0.1) is 0 Å². The molecule has 3 heteroatoms. The molecule has 1 N–H and O–H groups in total. The highest BCUT2D eigenvalue weighted by atomic mass is 35.5. The number of benzene rings is 1. The molecule has 0 aromatic heterocycles. The number of rotatable bonds is 3. The van der Waals surface area contributed by atoms with Crippen molar-refractivity contribution < 1.29 is 4.74 Å². The average molecular weight is 294 g/mol. The molecule has 3 rings (SSSR count). The lowest BCUT2D eigenvalue weighted by Crippen LogP contribution is -2.69. The molecular formula is C17H24ClNO. The summed E-state index contributed by atoms with van der Waals surface area (Å²) in [7, 11) is 0. The van der Waals surface area contributed by atoms with Crippen molar-refractivity contribution >= 4 is 11.6 Å². The molecule has 1 saturated carbocycles. The van der Waals surface area contributed by atoms with Gasteiger partial charge in [-0.2, -0.15) is 0 Å². The van der Waals surface area contributed by atoms with E-state index in [0.29, 0.717) is 24.1 Å². The summed E-state index contributed by atoms with van der Waals surface area (Å²) in [6.45, 7) is 7.80. The largest absolute Gasteiger partial charge is 0.377 e. The Kier molecular flexibility index (Phi) is 3.83. The third-order valence-corrected chi connectivity index (χ3v) is 5.34. The van der Waals surface area contributed by atoms with Gasteiger partial charge in [-0.3, -0.25) is 0 Å². The lowest BCUT2D eigenvalue weighted by Gasteiger charge is -2.60. The first kappa shape index (κ1) is 14.4. The SMILES string of the molecule is C[C@H](NC1C2CCCOC2C1(C)C)c1cccc(Cl)c1. The highest BCUT2D eigenvalue weighted by Crippen LogP contribution is 2.51. The van der Waals surface area contributed by atoms with Gasteiger partial charge in [0.25, 0.3) is 0 Å². The second kappa shape index (κ2) is 5.32. The van der Waals surface area contributed by atoms with Crippen molar-refractivity contribution in [2.24, 2.45) is 11.3 Å². The molecule has 4 atom stereocenters. The van der Waals surface area contributed by atoms with Crippen LogP contribution in [0.4, 0.5) is 0 Å². The monoisotopic (exact) mass is 293 g/mol. The summed E-state index contributed by atoms with van der Waals surface area (Å²) in [5, 5.41) is 4.62. The number of fused-ring (bicyclic) bond motifs is 1. The van der Waals surface area contributed by atoms with Crippen LogP contribution in [-0.4, -0.2) is 18.8 Å². The predicted molar refractivity (Wildman–Crippen MR) is 83.0 cm³/mol. The van der Waals surface area contributed by atoms with Crippen LogP contribution >= 0.6 is 11.6 Å². The number of ether oxygens (including phenoxy) is 1. The predicted octanol–water partition coefficient (Wildman–Crippen LogP) is 4.19. The molecule has 0 bridgehead atoms. The fourth-order valence-corrected chi connectivity index (χ4v) is 4.20. The summed E-state index contributed by atoms with van der Waals surface area (Å²) >= 11 is 6.09. The average Bonchev–Trinajstić information content (AvgIpc) is 2.44. The van der Waals surface area contributed by atoms with Gasteiger partial charge in [-0.25, -0.2) is 0 Å². The van der Waals surface area contributed by atoms with Crippen molar-refractivity contribution in [3.05, 3.63) is 34.9 Å². The van der Waals surface area contributed by atoms with E-state index in [4.69, 9.17) is 16.3 Å². The third-order valence-electron chi connectivity index (χ3n) is 5.11. The number of hydrogen-bond acceptors (Lipinski definition) is 2. The van der Waals surface area contributed by atoms with E-state index in [9.17, 15) is 0 Å². The molecule has 1 heterocycles. The van der Waals surface area contributed by atoms with E-state index in [0.717, 1.165) is 11.6 Å². The minimum absolute atomic E-state index is 0.220. The van der Waals surface area contributed by atoms with Crippen LogP contribution in [-0.2, 0) is 4.74 Å². The van der Waals surface area contributed by atoms with Crippen LogP contribution in [0.5, 0.6) is 0 Å². The van der Waals surface area contributed by atoms with Gasteiger partial charge < -0.3 is 10.1 Å². The van der Waals surface area contributed by atoms with Crippen LogP contribution in [0.15, 0.2) is 24.3 Å². The molecule has 2 nitrogen and oxygen atoms in total. The van der Waals surface area contributed by atoms with Crippen LogP contribution in [0.3, 0.4) is 0 Å². The molecule has 1 saturated heterocycles. The minimum atomic E-state index is 0.220. The summed E-state index contributed by atoms with van der Waals surface area (Å²) < 4.78 is 5.97. The molecule has 0 radical (unpaired) electrons. The standard InChI is InChI=1S/C17H24ClNO/c1-11(12-6-4-7-13(18)10-12)19-15-14-8-5-9-20-16(14)17(15,2)3/h4,6-7,10-11,14-16,19H,5,8-9H2,1-3H3/t11-,14?,15?,16?/m0/s1. The van der Waals surface area contributed by atoms with E-state index in [1.807, 2.05) is 12.1 Å². The fraction of sp³-hybridized carbons (Fsp3) is 0.647. The molecule has 1 aliphatic heterocycles. The Morgan fingerprint density at radius 1 is 1.40 bits per heavy atom. The summed E-state index contributed by atoms with van der Waals surface area (Å²) in [4.78, 5) is 0. The summed E-state index contributed by atoms with van der Waals surface area (Å²) in [6, 6.07) is 9.00. The first-order valence-corrected chi connectivity index (χ1v) is 8.01. The fourth-order valence-electron chi connectivity index (χ4n) is 4.00. The maximum Gasteiger partial charge on any atom is 0.0684 e. The molecular weight excluding hydrogens is 270 g/mol. The number of hydrogen-bond donors (Lipinski definition) is 1. The van der Waals surface area contributed by atoms with Gasteiger partial charge in [0, 0.05) is 35.0 Å².